The third-order valence-electron chi connectivity index (χ3n) is 5.01. The fourth-order valence-electron chi connectivity index (χ4n) is 3.61. The van der Waals surface area contributed by atoms with Crippen LogP contribution in [-0.2, 0) is 4.74 Å². The van der Waals surface area contributed by atoms with Crippen LogP contribution in [0, 0.1) is 13.8 Å². The van der Waals surface area contributed by atoms with Crippen LogP contribution in [0.2, 0.25) is 0 Å². The number of nitrogens with one attached hydrogen (secondary N) is 2. The van der Waals surface area contributed by atoms with E-state index in [9.17, 15) is 4.79 Å². The molecule has 1 aliphatic heterocycles. The Kier molecular flexibility index (Phi) is 6.13. The molecular weight excluding hydrogens is 384 g/mol. The number of aryl methyl sites for hydroxylation is 1. The van der Waals surface area contributed by atoms with E-state index in [2.05, 4.69) is 49.6 Å². The van der Waals surface area contributed by atoms with Gasteiger partial charge in [-0.15, -0.1) is 0 Å². The van der Waals surface area contributed by atoms with Gasteiger partial charge in [0.15, 0.2) is 5.11 Å². The van der Waals surface area contributed by atoms with Crippen LogP contribution in [0.4, 0.5) is 5.69 Å². The van der Waals surface area contributed by atoms with Crippen molar-refractivity contribution in [2.45, 2.75) is 52.7 Å². The van der Waals surface area contributed by atoms with Crippen molar-refractivity contribution in [3.63, 3.8) is 0 Å². The normalized spacial score (nSPS) is 16.9. The Morgan fingerprint density at radius 3 is 2.76 bits per heavy atom. The van der Waals surface area contributed by atoms with E-state index in [-0.39, 0.29) is 17.6 Å². The van der Waals surface area contributed by atoms with E-state index in [1.165, 1.54) is 0 Å². The van der Waals surface area contributed by atoms with Gasteiger partial charge in [0.1, 0.15) is 11.4 Å². The van der Waals surface area contributed by atoms with Crippen molar-refractivity contribution < 1.29 is 14.3 Å². The Bertz CT molecular complexity index is 940. The lowest BCUT2D eigenvalue weighted by Crippen LogP contribution is -2.42. The number of rotatable bonds is 4. The van der Waals surface area contributed by atoms with Crippen LogP contribution in [0.15, 0.2) is 36.4 Å². The van der Waals surface area contributed by atoms with Crippen LogP contribution in [0.1, 0.15) is 60.3 Å². The Balaban J connectivity index is 1.78. The molecule has 29 heavy (non-hydrogen) atoms. The first kappa shape index (κ1) is 21.1. The summed E-state index contributed by atoms with van der Waals surface area (Å²) in [5.41, 5.74) is 4.08. The molecule has 3 rings (SSSR count). The molecule has 0 aromatic heterocycles. The van der Waals surface area contributed by atoms with Crippen molar-refractivity contribution in [2.24, 2.45) is 0 Å². The Morgan fingerprint density at radius 1 is 1.28 bits per heavy atom. The number of thiocarbonyl (C=S) groups is 1. The van der Waals surface area contributed by atoms with Crippen molar-refractivity contribution in [1.29, 1.82) is 0 Å². The summed E-state index contributed by atoms with van der Waals surface area (Å²) < 4.78 is 11.3. The quantitative estimate of drug-likeness (QED) is 0.540. The summed E-state index contributed by atoms with van der Waals surface area (Å²) in [4.78, 5) is 12.1. The second kappa shape index (κ2) is 8.41. The molecule has 6 heteroatoms. The Morgan fingerprint density at radius 2 is 2.03 bits per heavy atom. The number of anilines is 1. The SMILES string of the molecule is CCOC(=O)c1cccc(NC(=S)NC2CC(C)(C)Oc3cc(C)ccc32)c1C. The maximum Gasteiger partial charge on any atom is 0.338 e. The van der Waals surface area contributed by atoms with Gasteiger partial charge in [-0.25, -0.2) is 4.79 Å². The van der Waals surface area contributed by atoms with E-state index >= 15 is 0 Å². The summed E-state index contributed by atoms with van der Waals surface area (Å²) in [5.74, 6) is 0.560. The van der Waals surface area contributed by atoms with Gasteiger partial charge in [-0.3, -0.25) is 0 Å². The number of hydrogen-bond donors (Lipinski definition) is 2. The molecule has 1 aliphatic rings. The molecular formula is C23H28N2O3S. The van der Waals surface area contributed by atoms with Gasteiger partial charge in [0, 0.05) is 17.7 Å². The van der Waals surface area contributed by atoms with Gasteiger partial charge < -0.3 is 20.1 Å². The van der Waals surface area contributed by atoms with E-state index in [1.54, 1.807) is 13.0 Å². The molecule has 0 amide bonds. The first-order valence-corrected chi connectivity index (χ1v) is 10.2. The lowest BCUT2D eigenvalue weighted by molar-refractivity contribution is 0.0525. The summed E-state index contributed by atoms with van der Waals surface area (Å²) in [6.45, 7) is 10.2. The molecule has 1 unspecified atom stereocenters. The number of esters is 1. The summed E-state index contributed by atoms with van der Waals surface area (Å²) in [6.07, 6.45) is 0.784. The Hall–Kier alpha value is -2.60. The zero-order chi connectivity index (χ0) is 21.2. The summed E-state index contributed by atoms with van der Waals surface area (Å²) in [6, 6.07) is 11.7. The van der Waals surface area contributed by atoms with E-state index in [1.807, 2.05) is 19.1 Å². The molecule has 0 saturated carbocycles. The van der Waals surface area contributed by atoms with Crippen LogP contribution < -0.4 is 15.4 Å². The molecule has 0 spiro atoms. The molecule has 2 N–H and O–H groups in total. The third kappa shape index (κ3) is 4.88. The molecule has 0 bridgehead atoms. The topological polar surface area (TPSA) is 59.6 Å². The minimum Gasteiger partial charge on any atom is -0.487 e. The second-order valence-corrected chi connectivity index (χ2v) is 8.37. The molecule has 0 aliphatic carbocycles. The molecule has 0 fully saturated rings. The van der Waals surface area contributed by atoms with Gasteiger partial charge in [0.25, 0.3) is 0 Å². The fourth-order valence-corrected chi connectivity index (χ4v) is 3.86. The van der Waals surface area contributed by atoms with Gasteiger partial charge in [0.05, 0.1) is 18.2 Å². The zero-order valence-electron chi connectivity index (χ0n) is 17.6. The maximum absolute atomic E-state index is 12.1. The smallest absolute Gasteiger partial charge is 0.338 e. The number of benzene rings is 2. The average molecular weight is 413 g/mol. The largest absolute Gasteiger partial charge is 0.487 e. The molecule has 2 aromatic carbocycles. The van der Waals surface area contributed by atoms with E-state index in [0.29, 0.717) is 17.3 Å². The summed E-state index contributed by atoms with van der Waals surface area (Å²) in [7, 11) is 0. The molecule has 1 heterocycles. The highest BCUT2D eigenvalue weighted by atomic mass is 32.1. The number of carbonyl (C=O) groups is 1. The molecule has 154 valence electrons. The van der Waals surface area contributed by atoms with E-state index < -0.39 is 0 Å². The predicted octanol–water partition coefficient (Wildman–Crippen LogP) is 5.07. The lowest BCUT2D eigenvalue weighted by Gasteiger charge is -2.38. The third-order valence-corrected chi connectivity index (χ3v) is 5.23. The minimum absolute atomic E-state index is 0.0305. The molecule has 5 nitrogen and oxygen atoms in total. The van der Waals surface area contributed by atoms with Crippen molar-refractivity contribution in [2.75, 3.05) is 11.9 Å². The van der Waals surface area contributed by atoms with Gasteiger partial charge in [-0.05, 0) is 76.2 Å². The average Bonchev–Trinajstić information content (AvgIpc) is 2.62. The first-order valence-electron chi connectivity index (χ1n) is 9.84. The highest BCUT2D eigenvalue weighted by Crippen LogP contribution is 2.40. The van der Waals surface area contributed by atoms with Crippen LogP contribution in [0.25, 0.3) is 0 Å². The van der Waals surface area contributed by atoms with Gasteiger partial charge in [-0.1, -0.05) is 18.2 Å². The number of fused-ring (bicyclic) bond motifs is 1. The summed E-state index contributed by atoms with van der Waals surface area (Å²) in [5, 5.41) is 7.16. The second-order valence-electron chi connectivity index (χ2n) is 7.96. The van der Waals surface area contributed by atoms with Crippen molar-refractivity contribution in [3.8, 4) is 5.75 Å². The van der Waals surface area contributed by atoms with Crippen LogP contribution in [-0.4, -0.2) is 23.3 Å². The molecule has 1 atom stereocenters. The van der Waals surface area contributed by atoms with Gasteiger partial charge in [0.2, 0.25) is 0 Å². The molecule has 2 aromatic rings. The number of hydrogen-bond acceptors (Lipinski definition) is 4. The Labute approximate surface area is 177 Å². The number of ether oxygens (including phenoxy) is 2. The van der Waals surface area contributed by atoms with Crippen molar-refractivity contribution >= 4 is 29.0 Å². The lowest BCUT2D eigenvalue weighted by atomic mass is 9.89. The fraction of sp³-hybridized carbons (Fsp3) is 0.391. The standard InChI is InChI=1S/C23H28N2O3S/c1-6-27-21(26)16-8-7-9-18(15(16)3)24-22(29)25-19-13-23(4,5)28-20-12-14(2)10-11-17(19)20/h7-12,19H,6,13H2,1-5H3,(H2,24,25,29). The highest BCUT2D eigenvalue weighted by Gasteiger charge is 2.34. The highest BCUT2D eigenvalue weighted by molar-refractivity contribution is 7.80. The van der Waals surface area contributed by atoms with Crippen LogP contribution >= 0.6 is 12.2 Å². The number of carbonyl (C=O) groups excluding carboxylic acids is 1. The van der Waals surface area contributed by atoms with E-state index in [0.717, 1.165) is 34.5 Å². The van der Waals surface area contributed by atoms with Crippen LogP contribution in [0.3, 0.4) is 0 Å². The molecule has 0 radical (unpaired) electrons. The van der Waals surface area contributed by atoms with Crippen molar-refractivity contribution in [3.05, 3.63) is 58.7 Å². The molecule has 0 saturated heterocycles. The predicted molar refractivity (Wildman–Crippen MR) is 120 cm³/mol. The van der Waals surface area contributed by atoms with Gasteiger partial charge >= 0.3 is 5.97 Å². The maximum atomic E-state index is 12.1. The van der Waals surface area contributed by atoms with Crippen LogP contribution in [0.5, 0.6) is 5.75 Å². The monoisotopic (exact) mass is 412 g/mol. The zero-order valence-corrected chi connectivity index (χ0v) is 18.4. The summed E-state index contributed by atoms with van der Waals surface area (Å²) >= 11 is 5.59. The van der Waals surface area contributed by atoms with Crippen molar-refractivity contribution in [1.82, 2.24) is 5.32 Å². The minimum atomic E-state index is -0.331. The first-order chi connectivity index (χ1) is 13.7. The van der Waals surface area contributed by atoms with E-state index in [4.69, 9.17) is 21.7 Å². The van der Waals surface area contributed by atoms with Gasteiger partial charge in [-0.2, -0.15) is 0 Å².